The number of quaternary nitrogens is 1. The molecule has 0 amide bonds. The van der Waals surface area contributed by atoms with Crippen LogP contribution in [0.2, 0.25) is 0 Å². The van der Waals surface area contributed by atoms with Gasteiger partial charge in [0.2, 0.25) is 0 Å². The summed E-state index contributed by atoms with van der Waals surface area (Å²) in [6.45, 7) is 2.76. The summed E-state index contributed by atoms with van der Waals surface area (Å²) >= 11 is 0. The molecule has 0 unspecified atom stereocenters. The fourth-order valence-electron chi connectivity index (χ4n) is 2.42. The van der Waals surface area contributed by atoms with E-state index in [2.05, 4.69) is 5.32 Å². The molecule has 0 fully saturated rings. The lowest BCUT2D eigenvalue weighted by molar-refractivity contribution is -0.709. The highest BCUT2D eigenvalue weighted by Crippen LogP contribution is 2.24. The van der Waals surface area contributed by atoms with E-state index in [-0.39, 0.29) is 6.04 Å². The van der Waals surface area contributed by atoms with Crippen LogP contribution < -0.4 is 14.8 Å². The minimum absolute atomic E-state index is 0.0502. The van der Waals surface area contributed by atoms with Crippen LogP contribution in [0.5, 0.6) is 11.5 Å². The van der Waals surface area contributed by atoms with E-state index >= 15 is 0 Å². The summed E-state index contributed by atoms with van der Waals surface area (Å²) in [5.41, 5.74) is 2.02. The van der Waals surface area contributed by atoms with Crippen molar-refractivity contribution < 1.29 is 19.9 Å². The second kappa shape index (κ2) is 7.82. The molecule has 2 aromatic carbocycles. The molecule has 22 heavy (non-hydrogen) atoms. The number of nitrogens with two attached hydrogens (primary N) is 1. The van der Waals surface area contributed by atoms with Gasteiger partial charge in [-0.2, -0.15) is 0 Å². The first-order valence-corrected chi connectivity index (χ1v) is 7.43. The van der Waals surface area contributed by atoms with Gasteiger partial charge in [-0.15, -0.1) is 0 Å². The maximum absolute atomic E-state index is 10.4. The zero-order valence-corrected chi connectivity index (χ0v) is 13.3. The molecule has 0 aliphatic carbocycles. The van der Waals surface area contributed by atoms with Gasteiger partial charge in [-0.1, -0.05) is 30.3 Å². The van der Waals surface area contributed by atoms with Gasteiger partial charge in [0.25, 0.3) is 0 Å². The van der Waals surface area contributed by atoms with Gasteiger partial charge in [-0.3, -0.25) is 0 Å². The average Bonchev–Trinajstić information content (AvgIpc) is 2.59. The highest BCUT2D eigenvalue weighted by atomic mass is 16.5. The molecule has 4 nitrogen and oxygen atoms in total. The summed E-state index contributed by atoms with van der Waals surface area (Å²) < 4.78 is 10.6. The SMILES string of the molecule is COc1ccc(C[NH2+][C@@H](C)[C@H](O)c2ccccc2)c(OC)c1. The van der Waals surface area contributed by atoms with Crippen molar-refractivity contribution in [1.82, 2.24) is 0 Å². The van der Waals surface area contributed by atoms with E-state index in [9.17, 15) is 5.11 Å². The third-order valence-electron chi connectivity index (χ3n) is 3.84. The molecule has 2 aromatic rings. The first-order valence-electron chi connectivity index (χ1n) is 7.43. The normalized spacial score (nSPS) is 13.5. The van der Waals surface area contributed by atoms with E-state index in [1.807, 2.05) is 55.5 Å². The maximum Gasteiger partial charge on any atom is 0.131 e. The molecule has 0 aliphatic rings. The second-order valence-electron chi connectivity index (χ2n) is 5.33. The van der Waals surface area contributed by atoms with Crippen molar-refractivity contribution in [3.8, 4) is 11.5 Å². The topological polar surface area (TPSA) is 55.3 Å². The molecule has 0 spiro atoms. The zero-order valence-electron chi connectivity index (χ0n) is 13.3. The van der Waals surface area contributed by atoms with Gasteiger partial charge >= 0.3 is 0 Å². The molecule has 0 aromatic heterocycles. The number of ether oxygens (including phenoxy) is 2. The summed E-state index contributed by atoms with van der Waals surface area (Å²) in [6, 6.07) is 15.6. The van der Waals surface area contributed by atoms with E-state index in [4.69, 9.17) is 9.47 Å². The first-order chi connectivity index (χ1) is 10.7. The lowest BCUT2D eigenvalue weighted by Crippen LogP contribution is -2.89. The van der Waals surface area contributed by atoms with Crippen LogP contribution >= 0.6 is 0 Å². The molecule has 0 heterocycles. The van der Waals surface area contributed by atoms with E-state index in [0.29, 0.717) is 0 Å². The van der Waals surface area contributed by atoms with Crippen LogP contribution in [-0.2, 0) is 6.54 Å². The lowest BCUT2D eigenvalue weighted by Gasteiger charge is -2.18. The number of rotatable bonds is 7. The smallest absolute Gasteiger partial charge is 0.131 e. The Bertz CT molecular complexity index is 586. The summed E-state index contributed by atoms with van der Waals surface area (Å²) in [5.74, 6) is 1.58. The monoisotopic (exact) mass is 302 g/mol. The van der Waals surface area contributed by atoms with E-state index in [0.717, 1.165) is 29.2 Å². The van der Waals surface area contributed by atoms with Crippen LogP contribution in [0.25, 0.3) is 0 Å². The molecule has 0 radical (unpaired) electrons. The van der Waals surface area contributed by atoms with Crippen molar-refractivity contribution in [3.05, 3.63) is 59.7 Å². The van der Waals surface area contributed by atoms with Crippen LogP contribution in [0, 0.1) is 0 Å². The van der Waals surface area contributed by atoms with Gasteiger partial charge in [0.1, 0.15) is 30.2 Å². The molecule has 3 N–H and O–H groups in total. The number of aliphatic hydroxyl groups is 1. The minimum atomic E-state index is -0.495. The average molecular weight is 302 g/mol. The molecule has 118 valence electrons. The fourth-order valence-corrected chi connectivity index (χ4v) is 2.42. The summed E-state index contributed by atoms with van der Waals surface area (Å²) in [5, 5.41) is 12.5. The Balaban J connectivity index is 2.00. The summed E-state index contributed by atoms with van der Waals surface area (Å²) in [6.07, 6.45) is -0.495. The predicted octanol–water partition coefficient (Wildman–Crippen LogP) is 1.89. The van der Waals surface area contributed by atoms with Gasteiger partial charge in [0.05, 0.1) is 14.2 Å². The number of hydrogen-bond donors (Lipinski definition) is 2. The first kappa shape index (κ1) is 16.3. The molecule has 4 heteroatoms. The van der Waals surface area contributed by atoms with Crippen molar-refractivity contribution >= 4 is 0 Å². The molecule has 0 saturated carbocycles. The van der Waals surface area contributed by atoms with Crippen LogP contribution in [0.15, 0.2) is 48.5 Å². The molecule has 0 saturated heterocycles. The standard InChI is InChI=1S/C18H23NO3/c1-13(18(20)14-7-5-4-6-8-14)19-12-15-9-10-16(21-2)11-17(15)22-3/h4-11,13,18-20H,12H2,1-3H3/p+1/t13-,18-/m0/s1. The Morgan fingerprint density at radius 3 is 2.41 bits per heavy atom. The molecule has 0 bridgehead atoms. The van der Waals surface area contributed by atoms with Crippen LogP contribution in [0.4, 0.5) is 0 Å². The van der Waals surface area contributed by atoms with E-state index < -0.39 is 6.10 Å². The Hall–Kier alpha value is -2.04. The van der Waals surface area contributed by atoms with Crippen molar-refractivity contribution in [2.45, 2.75) is 25.6 Å². The fraction of sp³-hybridized carbons (Fsp3) is 0.333. The van der Waals surface area contributed by atoms with Crippen molar-refractivity contribution in [3.63, 3.8) is 0 Å². The second-order valence-corrected chi connectivity index (χ2v) is 5.33. The molecular formula is C18H24NO3+. The summed E-state index contributed by atoms with van der Waals surface area (Å²) in [4.78, 5) is 0. The maximum atomic E-state index is 10.4. The summed E-state index contributed by atoms with van der Waals surface area (Å²) in [7, 11) is 3.29. The van der Waals surface area contributed by atoms with Gasteiger partial charge in [-0.05, 0) is 24.6 Å². The largest absolute Gasteiger partial charge is 0.497 e. The third-order valence-corrected chi connectivity index (χ3v) is 3.84. The van der Waals surface area contributed by atoms with Gasteiger partial charge in [-0.25, -0.2) is 0 Å². The van der Waals surface area contributed by atoms with Crippen LogP contribution in [-0.4, -0.2) is 25.4 Å². The van der Waals surface area contributed by atoms with Gasteiger partial charge in [0.15, 0.2) is 0 Å². The Morgan fingerprint density at radius 1 is 1.05 bits per heavy atom. The highest BCUT2D eigenvalue weighted by molar-refractivity contribution is 5.40. The van der Waals surface area contributed by atoms with E-state index in [1.165, 1.54) is 0 Å². The van der Waals surface area contributed by atoms with Crippen LogP contribution in [0.3, 0.4) is 0 Å². The number of benzene rings is 2. The molecule has 0 aliphatic heterocycles. The van der Waals surface area contributed by atoms with Gasteiger partial charge in [0, 0.05) is 11.6 Å². The third kappa shape index (κ3) is 4.00. The molecule has 2 atom stereocenters. The van der Waals surface area contributed by atoms with Crippen molar-refractivity contribution in [2.75, 3.05) is 14.2 Å². The Kier molecular flexibility index (Phi) is 5.81. The lowest BCUT2D eigenvalue weighted by atomic mass is 10.0. The Morgan fingerprint density at radius 2 is 1.77 bits per heavy atom. The van der Waals surface area contributed by atoms with Crippen molar-refractivity contribution in [1.29, 1.82) is 0 Å². The van der Waals surface area contributed by atoms with Crippen molar-refractivity contribution in [2.24, 2.45) is 0 Å². The van der Waals surface area contributed by atoms with E-state index in [1.54, 1.807) is 14.2 Å². The Labute approximate surface area is 131 Å². The number of methoxy groups -OCH3 is 2. The zero-order chi connectivity index (χ0) is 15.9. The number of aliphatic hydroxyl groups excluding tert-OH is 1. The molecule has 2 rings (SSSR count). The quantitative estimate of drug-likeness (QED) is 0.821. The van der Waals surface area contributed by atoms with Crippen LogP contribution in [0.1, 0.15) is 24.2 Å². The highest BCUT2D eigenvalue weighted by Gasteiger charge is 2.19. The van der Waals surface area contributed by atoms with Gasteiger partial charge < -0.3 is 19.9 Å². The molecular weight excluding hydrogens is 278 g/mol. The number of hydrogen-bond acceptors (Lipinski definition) is 3. The predicted molar refractivity (Wildman–Crippen MR) is 86.0 cm³/mol. The minimum Gasteiger partial charge on any atom is -0.497 e.